The van der Waals surface area contributed by atoms with E-state index in [1.54, 1.807) is 0 Å². The predicted molar refractivity (Wildman–Crippen MR) is 97.5 cm³/mol. The second-order valence-corrected chi connectivity index (χ2v) is 7.13. The second kappa shape index (κ2) is 6.38. The van der Waals surface area contributed by atoms with Crippen molar-refractivity contribution in [1.29, 1.82) is 0 Å². The zero-order chi connectivity index (χ0) is 16.6. The summed E-state index contributed by atoms with van der Waals surface area (Å²) in [7, 11) is 0. The fourth-order valence-corrected chi connectivity index (χ4v) is 4.42. The molecule has 2 aromatic carbocycles. The van der Waals surface area contributed by atoms with Gasteiger partial charge in [-0.05, 0) is 36.1 Å². The fraction of sp³-hybridized carbons (Fsp3) is 0.524. The number of hydrogen-bond donors (Lipinski definition) is 0. The number of ether oxygens (including phenoxy) is 2. The molecule has 0 spiro atoms. The standard InChI is InChI=1S/C21H27NO2/c1-3-21(4-2)15-18-17-8-6-5-7-16(17)9-10-19(18)24-20(21)22-11-13-23-14-12-22/h5-10,20H,3-4,11-15H2,1-2H3. The van der Waals surface area contributed by atoms with Gasteiger partial charge < -0.3 is 9.47 Å². The first kappa shape index (κ1) is 15.9. The van der Waals surface area contributed by atoms with E-state index >= 15 is 0 Å². The summed E-state index contributed by atoms with van der Waals surface area (Å²) in [6, 6.07) is 13.0. The third kappa shape index (κ3) is 2.51. The highest BCUT2D eigenvalue weighted by atomic mass is 16.5. The normalized spacial score (nSPS) is 23.7. The summed E-state index contributed by atoms with van der Waals surface area (Å²) in [5.41, 5.74) is 1.57. The van der Waals surface area contributed by atoms with Gasteiger partial charge in [0.15, 0.2) is 6.23 Å². The van der Waals surface area contributed by atoms with Crippen LogP contribution in [0, 0.1) is 5.41 Å². The van der Waals surface area contributed by atoms with E-state index < -0.39 is 0 Å². The van der Waals surface area contributed by atoms with E-state index in [0.717, 1.165) is 51.3 Å². The van der Waals surface area contributed by atoms with Crippen LogP contribution in [0.2, 0.25) is 0 Å². The summed E-state index contributed by atoms with van der Waals surface area (Å²) in [5, 5.41) is 2.66. The molecule has 0 saturated carbocycles. The maximum absolute atomic E-state index is 6.65. The van der Waals surface area contributed by atoms with Crippen molar-refractivity contribution >= 4 is 10.8 Å². The lowest BCUT2D eigenvalue weighted by Gasteiger charge is -2.49. The molecule has 2 aromatic rings. The summed E-state index contributed by atoms with van der Waals surface area (Å²) in [4.78, 5) is 2.49. The van der Waals surface area contributed by atoms with Gasteiger partial charge in [0, 0.05) is 24.1 Å². The van der Waals surface area contributed by atoms with Gasteiger partial charge in [-0.2, -0.15) is 0 Å². The molecule has 2 aliphatic heterocycles. The van der Waals surface area contributed by atoms with Gasteiger partial charge in [-0.25, -0.2) is 0 Å². The Morgan fingerprint density at radius 3 is 2.54 bits per heavy atom. The first-order valence-corrected chi connectivity index (χ1v) is 9.26. The van der Waals surface area contributed by atoms with Crippen molar-refractivity contribution in [3.63, 3.8) is 0 Å². The van der Waals surface area contributed by atoms with Gasteiger partial charge in [-0.15, -0.1) is 0 Å². The molecular formula is C21H27NO2. The van der Waals surface area contributed by atoms with Crippen molar-refractivity contribution in [2.45, 2.75) is 39.3 Å². The molecule has 1 fully saturated rings. The molecule has 0 aliphatic carbocycles. The van der Waals surface area contributed by atoms with Crippen LogP contribution in [0.1, 0.15) is 32.3 Å². The molecule has 128 valence electrons. The van der Waals surface area contributed by atoms with E-state index in [2.05, 4.69) is 55.1 Å². The van der Waals surface area contributed by atoms with Gasteiger partial charge in [0.2, 0.25) is 0 Å². The number of nitrogens with zero attached hydrogens (tertiary/aromatic N) is 1. The SMILES string of the molecule is CCC1(CC)Cc2c(ccc3ccccc23)OC1N1CCOCC1. The van der Waals surface area contributed by atoms with Crippen LogP contribution >= 0.6 is 0 Å². The third-order valence-electron chi connectivity index (χ3n) is 6.07. The number of hydrogen-bond acceptors (Lipinski definition) is 3. The Kier molecular flexibility index (Phi) is 4.23. The largest absolute Gasteiger partial charge is 0.474 e. The Balaban J connectivity index is 1.79. The highest BCUT2D eigenvalue weighted by molar-refractivity contribution is 5.88. The molecule has 4 rings (SSSR count). The Bertz CT molecular complexity index is 717. The Labute approximate surface area is 144 Å². The maximum Gasteiger partial charge on any atom is 0.158 e. The zero-order valence-corrected chi connectivity index (χ0v) is 14.8. The molecule has 1 saturated heterocycles. The molecule has 0 radical (unpaired) electrons. The molecule has 0 aromatic heterocycles. The average Bonchev–Trinajstić information content (AvgIpc) is 2.67. The molecule has 24 heavy (non-hydrogen) atoms. The minimum absolute atomic E-state index is 0.157. The van der Waals surface area contributed by atoms with Crippen molar-refractivity contribution < 1.29 is 9.47 Å². The molecule has 3 heteroatoms. The van der Waals surface area contributed by atoms with E-state index in [-0.39, 0.29) is 11.6 Å². The lowest BCUT2D eigenvalue weighted by molar-refractivity contribution is -0.120. The number of benzene rings is 2. The van der Waals surface area contributed by atoms with Crippen LogP contribution in [0.3, 0.4) is 0 Å². The van der Waals surface area contributed by atoms with Crippen LogP contribution in [0.25, 0.3) is 10.8 Å². The second-order valence-electron chi connectivity index (χ2n) is 7.13. The van der Waals surface area contributed by atoms with E-state index in [1.807, 2.05) is 0 Å². The van der Waals surface area contributed by atoms with Crippen LogP contribution in [0.5, 0.6) is 5.75 Å². The molecule has 0 bridgehead atoms. The summed E-state index contributed by atoms with van der Waals surface area (Å²) in [6.45, 7) is 8.19. The molecule has 0 amide bonds. The Hall–Kier alpha value is -1.58. The maximum atomic E-state index is 6.65. The highest BCUT2D eigenvalue weighted by Gasteiger charge is 2.45. The van der Waals surface area contributed by atoms with E-state index in [4.69, 9.17) is 9.47 Å². The Morgan fingerprint density at radius 1 is 1.04 bits per heavy atom. The molecule has 2 aliphatic rings. The minimum Gasteiger partial charge on any atom is -0.474 e. The van der Waals surface area contributed by atoms with Crippen molar-refractivity contribution in [3.8, 4) is 5.75 Å². The van der Waals surface area contributed by atoms with Gasteiger partial charge in [0.25, 0.3) is 0 Å². The van der Waals surface area contributed by atoms with Gasteiger partial charge in [0.1, 0.15) is 5.75 Å². The van der Waals surface area contributed by atoms with Crippen LogP contribution < -0.4 is 4.74 Å². The fourth-order valence-electron chi connectivity index (χ4n) is 4.42. The third-order valence-corrected chi connectivity index (χ3v) is 6.07. The number of morpholine rings is 1. The molecular weight excluding hydrogens is 298 g/mol. The molecule has 1 atom stereocenters. The first-order chi connectivity index (χ1) is 11.8. The Morgan fingerprint density at radius 2 is 1.79 bits per heavy atom. The van der Waals surface area contributed by atoms with Gasteiger partial charge >= 0.3 is 0 Å². The lowest BCUT2D eigenvalue weighted by Crippen LogP contribution is -2.57. The van der Waals surface area contributed by atoms with E-state index in [9.17, 15) is 0 Å². The first-order valence-electron chi connectivity index (χ1n) is 9.26. The minimum atomic E-state index is 0.157. The zero-order valence-electron chi connectivity index (χ0n) is 14.8. The molecule has 1 unspecified atom stereocenters. The predicted octanol–water partition coefficient (Wildman–Crippen LogP) is 4.24. The van der Waals surface area contributed by atoms with Crippen molar-refractivity contribution in [3.05, 3.63) is 42.0 Å². The quantitative estimate of drug-likeness (QED) is 0.842. The number of fused-ring (bicyclic) bond motifs is 3. The van der Waals surface area contributed by atoms with Crippen LogP contribution in [-0.4, -0.2) is 37.4 Å². The lowest BCUT2D eigenvalue weighted by atomic mass is 9.72. The molecule has 2 heterocycles. The highest BCUT2D eigenvalue weighted by Crippen LogP contribution is 2.47. The molecule has 3 nitrogen and oxygen atoms in total. The van der Waals surface area contributed by atoms with Crippen molar-refractivity contribution in [1.82, 2.24) is 4.90 Å². The summed E-state index contributed by atoms with van der Waals surface area (Å²) in [5.74, 6) is 1.07. The summed E-state index contributed by atoms with van der Waals surface area (Å²) in [6.07, 6.45) is 3.52. The van der Waals surface area contributed by atoms with Gasteiger partial charge in [0.05, 0.1) is 13.2 Å². The monoisotopic (exact) mass is 325 g/mol. The smallest absolute Gasteiger partial charge is 0.158 e. The summed E-state index contributed by atoms with van der Waals surface area (Å²) >= 11 is 0. The van der Waals surface area contributed by atoms with Crippen LogP contribution in [0.4, 0.5) is 0 Å². The summed E-state index contributed by atoms with van der Waals surface area (Å²) < 4.78 is 12.2. The van der Waals surface area contributed by atoms with Crippen LogP contribution in [-0.2, 0) is 11.2 Å². The van der Waals surface area contributed by atoms with Crippen molar-refractivity contribution in [2.24, 2.45) is 5.41 Å². The van der Waals surface area contributed by atoms with Crippen molar-refractivity contribution in [2.75, 3.05) is 26.3 Å². The number of rotatable bonds is 3. The topological polar surface area (TPSA) is 21.7 Å². The molecule has 0 N–H and O–H groups in total. The van der Waals surface area contributed by atoms with Gasteiger partial charge in [-0.1, -0.05) is 44.2 Å². The van der Waals surface area contributed by atoms with E-state index in [1.165, 1.54) is 16.3 Å². The van der Waals surface area contributed by atoms with Crippen LogP contribution in [0.15, 0.2) is 36.4 Å². The van der Waals surface area contributed by atoms with E-state index in [0.29, 0.717) is 0 Å². The van der Waals surface area contributed by atoms with Gasteiger partial charge in [-0.3, -0.25) is 4.90 Å². The average molecular weight is 325 g/mol.